The lowest BCUT2D eigenvalue weighted by atomic mass is 10.1. The topological polar surface area (TPSA) is 43.4 Å². The number of hydrogen-bond donors (Lipinski definition) is 1. The second kappa shape index (κ2) is 5.02. The first kappa shape index (κ1) is 12.3. The minimum Gasteiger partial charge on any atom is -0.475 e. The molecule has 4 heteroatoms. The fraction of sp³-hybridized carbons (Fsp3) is 0.615. The molecule has 1 fully saturated rings. The molecule has 0 aromatic carbocycles. The molecule has 1 N–H and O–H groups in total. The van der Waals surface area contributed by atoms with Gasteiger partial charge in [0.05, 0.1) is 5.60 Å². The van der Waals surface area contributed by atoms with Gasteiger partial charge in [-0.1, -0.05) is 0 Å². The van der Waals surface area contributed by atoms with Crippen LogP contribution in [0.5, 0.6) is 5.88 Å². The Bertz CT molecular complexity index is 379. The van der Waals surface area contributed by atoms with E-state index in [0.717, 1.165) is 18.7 Å². The molecule has 0 saturated carbocycles. The molecule has 1 unspecified atom stereocenters. The summed E-state index contributed by atoms with van der Waals surface area (Å²) in [6.07, 6.45) is 1.84. The Morgan fingerprint density at radius 3 is 3.12 bits per heavy atom. The molecule has 0 aliphatic carbocycles. The number of rotatable bonds is 3. The van der Waals surface area contributed by atoms with Gasteiger partial charge in [-0.05, 0) is 32.4 Å². The van der Waals surface area contributed by atoms with Crippen molar-refractivity contribution in [1.82, 2.24) is 10.3 Å². The van der Waals surface area contributed by atoms with Crippen LogP contribution in [0.4, 0.5) is 0 Å². The Morgan fingerprint density at radius 1 is 1.59 bits per heavy atom. The summed E-state index contributed by atoms with van der Waals surface area (Å²) in [5, 5.41) is 3.35. The zero-order valence-corrected chi connectivity index (χ0v) is 10.7. The van der Waals surface area contributed by atoms with E-state index in [-0.39, 0.29) is 11.7 Å². The van der Waals surface area contributed by atoms with Gasteiger partial charge in [0, 0.05) is 25.4 Å². The SMILES string of the molecule is Cc1ccnc(OCC2CNCC(C)(C)O2)c1. The summed E-state index contributed by atoms with van der Waals surface area (Å²) in [7, 11) is 0. The fourth-order valence-corrected chi connectivity index (χ4v) is 1.93. The number of pyridine rings is 1. The summed E-state index contributed by atoms with van der Waals surface area (Å²) in [5.74, 6) is 0.664. The van der Waals surface area contributed by atoms with Crippen molar-refractivity contribution < 1.29 is 9.47 Å². The Hall–Kier alpha value is -1.13. The third-order valence-corrected chi connectivity index (χ3v) is 2.72. The van der Waals surface area contributed by atoms with E-state index in [0.29, 0.717) is 12.5 Å². The van der Waals surface area contributed by atoms with E-state index < -0.39 is 0 Å². The Kier molecular flexibility index (Phi) is 3.64. The molecule has 1 aromatic heterocycles. The van der Waals surface area contributed by atoms with Crippen LogP contribution >= 0.6 is 0 Å². The number of morpholine rings is 1. The summed E-state index contributed by atoms with van der Waals surface area (Å²) in [4.78, 5) is 4.16. The largest absolute Gasteiger partial charge is 0.475 e. The first-order chi connectivity index (χ1) is 8.05. The average molecular weight is 236 g/mol. The van der Waals surface area contributed by atoms with Gasteiger partial charge >= 0.3 is 0 Å². The van der Waals surface area contributed by atoms with Crippen molar-refractivity contribution in [1.29, 1.82) is 0 Å². The molecule has 17 heavy (non-hydrogen) atoms. The molecule has 1 aliphatic rings. The number of nitrogens with zero attached hydrogens (tertiary/aromatic N) is 1. The van der Waals surface area contributed by atoms with Crippen LogP contribution in [0.25, 0.3) is 0 Å². The van der Waals surface area contributed by atoms with Gasteiger partial charge in [-0.3, -0.25) is 0 Å². The quantitative estimate of drug-likeness (QED) is 0.864. The van der Waals surface area contributed by atoms with E-state index in [1.807, 2.05) is 19.1 Å². The predicted molar refractivity (Wildman–Crippen MR) is 66.3 cm³/mol. The van der Waals surface area contributed by atoms with Crippen LogP contribution < -0.4 is 10.1 Å². The van der Waals surface area contributed by atoms with Crippen LogP contribution in [0, 0.1) is 6.92 Å². The van der Waals surface area contributed by atoms with Gasteiger partial charge < -0.3 is 14.8 Å². The first-order valence-corrected chi connectivity index (χ1v) is 5.99. The second-order valence-corrected chi connectivity index (χ2v) is 5.11. The van der Waals surface area contributed by atoms with Crippen molar-refractivity contribution in [3.63, 3.8) is 0 Å². The van der Waals surface area contributed by atoms with E-state index in [1.165, 1.54) is 0 Å². The fourth-order valence-electron chi connectivity index (χ4n) is 1.93. The van der Waals surface area contributed by atoms with Gasteiger partial charge in [-0.25, -0.2) is 4.98 Å². The van der Waals surface area contributed by atoms with E-state index in [4.69, 9.17) is 9.47 Å². The Balaban J connectivity index is 1.86. The van der Waals surface area contributed by atoms with Crippen molar-refractivity contribution >= 4 is 0 Å². The lowest BCUT2D eigenvalue weighted by molar-refractivity contribution is -0.107. The molecular weight excluding hydrogens is 216 g/mol. The molecule has 1 aliphatic heterocycles. The average Bonchev–Trinajstić information content (AvgIpc) is 2.25. The second-order valence-electron chi connectivity index (χ2n) is 5.11. The van der Waals surface area contributed by atoms with Crippen molar-refractivity contribution in [2.75, 3.05) is 19.7 Å². The minimum atomic E-state index is -0.119. The molecule has 94 valence electrons. The molecule has 1 aromatic rings. The summed E-state index contributed by atoms with van der Waals surface area (Å²) in [6, 6.07) is 3.88. The monoisotopic (exact) mass is 236 g/mol. The highest BCUT2D eigenvalue weighted by atomic mass is 16.6. The number of hydrogen-bond acceptors (Lipinski definition) is 4. The number of ether oxygens (including phenoxy) is 2. The number of nitrogens with one attached hydrogen (secondary N) is 1. The van der Waals surface area contributed by atoms with Crippen LogP contribution in [0.3, 0.4) is 0 Å². The summed E-state index contributed by atoms with van der Waals surface area (Å²) in [6.45, 7) is 8.43. The standard InChI is InChI=1S/C13H20N2O2/c1-10-4-5-15-12(6-10)16-8-11-7-14-9-13(2,3)17-11/h4-6,11,14H,7-9H2,1-3H3. The molecule has 1 saturated heterocycles. The molecule has 2 rings (SSSR count). The maximum absolute atomic E-state index is 5.91. The van der Waals surface area contributed by atoms with Crippen LogP contribution in [-0.2, 0) is 4.74 Å². The Labute approximate surface area is 102 Å². The first-order valence-electron chi connectivity index (χ1n) is 5.99. The summed E-state index contributed by atoms with van der Waals surface area (Å²) >= 11 is 0. The summed E-state index contributed by atoms with van der Waals surface area (Å²) in [5.41, 5.74) is 1.03. The van der Waals surface area contributed by atoms with E-state index in [1.54, 1.807) is 6.20 Å². The van der Waals surface area contributed by atoms with Gasteiger partial charge in [0.25, 0.3) is 0 Å². The number of aryl methyl sites for hydroxylation is 1. The lowest BCUT2D eigenvalue weighted by Gasteiger charge is -2.36. The van der Waals surface area contributed by atoms with Crippen molar-refractivity contribution in [2.45, 2.75) is 32.5 Å². The van der Waals surface area contributed by atoms with Crippen molar-refractivity contribution in [2.24, 2.45) is 0 Å². The highest BCUT2D eigenvalue weighted by molar-refractivity contribution is 5.18. The van der Waals surface area contributed by atoms with Crippen molar-refractivity contribution in [3.8, 4) is 5.88 Å². The van der Waals surface area contributed by atoms with Gasteiger partial charge in [-0.2, -0.15) is 0 Å². The maximum atomic E-state index is 5.91. The highest BCUT2D eigenvalue weighted by Crippen LogP contribution is 2.16. The van der Waals surface area contributed by atoms with Crippen LogP contribution in [-0.4, -0.2) is 36.4 Å². The van der Waals surface area contributed by atoms with Gasteiger partial charge in [0.1, 0.15) is 12.7 Å². The normalized spacial score (nSPS) is 23.4. The summed E-state index contributed by atoms with van der Waals surface area (Å²) < 4.78 is 11.6. The van der Waals surface area contributed by atoms with Gasteiger partial charge in [0.15, 0.2) is 0 Å². The zero-order valence-electron chi connectivity index (χ0n) is 10.7. The molecule has 0 radical (unpaired) electrons. The molecular formula is C13H20N2O2. The lowest BCUT2D eigenvalue weighted by Crippen LogP contribution is -2.52. The third kappa shape index (κ3) is 3.68. The zero-order chi connectivity index (χ0) is 12.3. The molecule has 0 spiro atoms. The third-order valence-electron chi connectivity index (χ3n) is 2.72. The minimum absolute atomic E-state index is 0.0843. The van der Waals surface area contributed by atoms with E-state index in [2.05, 4.69) is 24.1 Å². The molecule has 2 heterocycles. The van der Waals surface area contributed by atoms with Crippen LogP contribution in [0.2, 0.25) is 0 Å². The van der Waals surface area contributed by atoms with E-state index in [9.17, 15) is 0 Å². The molecule has 0 amide bonds. The number of aromatic nitrogens is 1. The molecule has 4 nitrogen and oxygen atoms in total. The van der Waals surface area contributed by atoms with Gasteiger partial charge in [-0.15, -0.1) is 0 Å². The van der Waals surface area contributed by atoms with E-state index >= 15 is 0 Å². The highest BCUT2D eigenvalue weighted by Gasteiger charge is 2.28. The Morgan fingerprint density at radius 2 is 2.41 bits per heavy atom. The van der Waals surface area contributed by atoms with Crippen LogP contribution in [0.1, 0.15) is 19.4 Å². The van der Waals surface area contributed by atoms with Crippen LogP contribution in [0.15, 0.2) is 18.3 Å². The van der Waals surface area contributed by atoms with Gasteiger partial charge in [0.2, 0.25) is 5.88 Å². The maximum Gasteiger partial charge on any atom is 0.213 e. The predicted octanol–water partition coefficient (Wildman–Crippen LogP) is 1.54. The molecule has 1 atom stereocenters. The van der Waals surface area contributed by atoms with Crippen molar-refractivity contribution in [3.05, 3.63) is 23.9 Å². The smallest absolute Gasteiger partial charge is 0.213 e. The molecule has 0 bridgehead atoms.